The molecule has 0 atom stereocenters. The van der Waals surface area contributed by atoms with Crippen molar-refractivity contribution in [2.24, 2.45) is 0 Å². The first kappa shape index (κ1) is 28.2. The van der Waals surface area contributed by atoms with E-state index in [-0.39, 0.29) is 10.8 Å². The van der Waals surface area contributed by atoms with Gasteiger partial charge < -0.3 is 0 Å². The number of aromatic hydroxyl groups is 1. The maximum absolute atomic E-state index is 11.2. The molecule has 0 fully saturated rings. The van der Waals surface area contributed by atoms with E-state index in [0.29, 0.717) is 5.75 Å². The third kappa shape index (κ3) is 7.65. The van der Waals surface area contributed by atoms with Crippen LogP contribution in [0.3, 0.4) is 0 Å². The van der Waals surface area contributed by atoms with Crippen molar-refractivity contribution in [3.05, 3.63) is 28.8 Å². The van der Waals surface area contributed by atoms with Gasteiger partial charge in [-0.1, -0.05) is 0 Å². The summed E-state index contributed by atoms with van der Waals surface area (Å²) in [5.41, 5.74) is 3.59. The molecule has 0 aliphatic heterocycles. The molecule has 0 bridgehead atoms. The van der Waals surface area contributed by atoms with E-state index in [9.17, 15) is 5.11 Å². The van der Waals surface area contributed by atoms with Gasteiger partial charge in [-0.15, -0.1) is 0 Å². The molecule has 0 saturated carbocycles. The van der Waals surface area contributed by atoms with Crippen molar-refractivity contribution in [3.8, 4) is 5.75 Å². The fourth-order valence-electron chi connectivity index (χ4n) is 4.62. The molecule has 0 aliphatic rings. The van der Waals surface area contributed by atoms with Gasteiger partial charge in [-0.05, 0) is 0 Å². The number of phenolic OH excluding ortho intramolecular Hbond substituents is 1. The molecule has 30 heavy (non-hydrogen) atoms. The zero-order valence-corrected chi connectivity index (χ0v) is 24.6. The van der Waals surface area contributed by atoms with Crippen LogP contribution in [0.2, 0.25) is 0 Å². The number of unbranched alkanes of at least 4 members (excludes halogenated alkanes) is 3. The molecule has 0 amide bonds. The van der Waals surface area contributed by atoms with E-state index in [2.05, 4.69) is 96.5 Å². The Hall–Kier alpha value is 0.180. The number of phenols is 1. The van der Waals surface area contributed by atoms with Crippen LogP contribution in [0.1, 0.15) is 118 Å². The second kappa shape index (κ2) is 10.9. The number of hydrogen-bond donors (Lipinski definition) is 1. The van der Waals surface area contributed by atoms with Crippen LogP contribution in [0.15, 0.2) is 12.1 Å². The molecule has 3 heteroatoms. The van der Waals surface area contributed by atoms with Gasteiger partial charge >= 0.3 is 202 Å². The quantitative estimate of drug-likeness (QED) is 0.216. The Kier molecular flexibility index (Phi) is 10.2. The summed E-state index contributed by atoms with van der Waals surface area (Å²) >= 11 is 3.02. The molecule has 0 saturated heterocycles. The van der Waals surface area contributed by atoms with Crippen LogP contribution in [-0.2, 0) is 17.0 Å². The number of hydrogen-bond acceptors (Lipinski definition) is 1. The summed E-state index contributed by atoms with van der Waals surface area (Å²) in [6.45, 7) is 20.4. The van der Waals surface area contributed by atoms with Crippen molar-refractivity contribution in [2.45, 2.75) is 118 Å². The predicted molar refractivity (Wildman–Crippen MR) is 149 cm³/mol. The first-order valence-corrected chi connectivity index (χ1v) is 18.0. The number of halogens is 1. The molecule has 0 spiro atoms. The average molecular weight is 549 g/mol. The van der Waals surface area contributed by atoms with E-state index >= 15 is 0 Å². The van der Waals surface area contributed by atoms with Crippen LogP contribution >= 0.6 is 26.3 Å². The summed E-state index contributed by atoms with van der Waals surface area (Å²) < 4.78 is -1.89. The van der Waals surface area contributed by atoms with Gasteiger partial charge in [0.15, 0.2) is 0 Å². The van der Waals surface area contributed by atoms with Gasteiger partial charge in [-0.3, -0.25) is 0 Å². The first-order valence-electron chi connectivity index (χ1n) is 12.3. The second-order valence-electron chi connectivity index (χ2n) is 11.7. The van der Waals surface area contributed by atoms with Gasteiger partial charge in [0, 0.05) is 0 Å². The van der Waals surface area contributed by atoms with Crippen LogP contribution in [0, 0.1) is 0 Å². The van der Waals surface area contributed by atoms with Crippen LogP contribution in [0.4, 0.5) is 0 Å². The topological polar surface area (TPSA) is 20.2 Å². The summed E-state index contributed by atoms with van der Waals surface area (Å²) in [4.78, 5) is 0. The molecule has 0 heterocycles. The molecular formula is C27H50IOP. The van der Waals surface area contributed by atoms with E-state index in [1.807, 2.05) is 0 Å². The van der Waals surface area contributed by atoms with Crippen LogP contribution < -0.4 is 0 Å². The van der Waals surface area contributed by atoms with Gasteiger partial charge in [0.25, 0.3) is 0 Å². The molecule has 1 aromatic carbocycles. The van der Waals surface area contributed by atoms with Crippen LogP contribution in [0.5, 0.6) is 5.75 Å². The standard InChI is InChI=1S/C27H50IOP/c1-10-13-16-30(28,17-14-11-2,18-15-12-3)21-22-19-23(26(4,5)6)25(29)24(20-22)27(7,8)9/h19-20,29H,10-18,21H2,1-9H3. The normalized spacial score (nSPS) is 14.5. The molecule has 1 nitrogen and oxygen atoms in total. The number of benzene rings is 1. The van der Waals surface area contributed by atoms with E-state index < -0.39 is 4.25 Å². The Labute approximate surface area is 201 Å². The van der Waals surface area contributed by atoms with Crippen LogP contribution in [0.25, 0.3) is 0 Å². The van der Waals surface area contributed by atoms with Crippen molar-refractivity contribution in [1.29, 1.82) is 0 Å². The summed E-state index contributed by atoms with van der Waals surface area (Å²) in [5.74, 6) is 0.517. The minimum atomic E-state index is -1.89. The molecule has 0 radical (unpaired) electrons. The maximum atomic E-state index is 11.2. The number of rotatable bonds is 11. The van der Waals surface area contributed by atoms with Gasteiger partial charge in [0.2, 0.25) is 0 Å². The summed E-state index contributed by atoms with van der Waals surface area (Å²) in [7, 11) is 0. The third-order valence-corrected chi connectivity index (χ3v) is 17.4. The Bertz CT molecular complexity index is 622. The zero-order valence-electron chi connectivity index (χ0n) is 21.5. The molecule has 0 unspecified atom stereocenters. The van der Waals surface area contributed by atoms with E-state index in [0.717, 1.165) is 11.1 Å². The molecule has 1 N–H and O–H groups in total. The minimum absolute atomic E-state index is 0.0575. The van der Waals surface area contributed by atoms with Gasteiger partial charge in [-0.25, -0.2) is 0 Å². The van der Waals surface area contributed by atoms with Crippen molar-refractivity contribution in [2.75, 3.05) is 18.5 Å². The molecule has 1 rings (SSSR count). The molecule has 176 valence electrons. The monoisotopic (exact) mass is 548 g/mol. The Morgan fingerprint density at radius 1 is 0.733 bits per heavy atom. The first-order chi connectivity index (χ1) is 13.7. The molecule has 0 aliphatic carbocycles. The summed E-state index contributed by atoms with van der Waals surface area (Å²) in [5, 5.41) is 11.2. The van der Waals surface area contributed by atoms with Crippen molar-refractivity contribution < 1.29 is 5.11 Å². The van der Waals surface area contributed by atoms with Crippen molar-refractivity contribution in [3.63, 3.8) is 0 Å². The van der Waals surface area contributed by atoms with E-state index in [1.54, 1.807) is 0 Å². The molecular weight excluding hydrogens is 498 g/mol. The summed E-state index contributed by atoms with van der Waals surface area (Å²) in [6, 6.07) is 4.71. The van der Waals surface area contributed by atoms with E-state index in [4.69, 9.17) is 0 Å². The second-order valence-corrected chi connectivity index (χ2v) is 25.2. The molecule has 1 aromatic rings. The zero-order chi connectivity index (χ0) is 23.2. The van der Waals surface area contributed by atoms with Gasteiger partial charge in [0.05, 0.1) is 0 Å². The average Bonchev–Trinajstić information content (AvgIpc) is 2.63. The van der Waals surface area contributed by atoms with Gasteiger partial charge in [0.1, 0.15) is 0 Å². The SMILES string of the molecule is CCCCP(I)(CCCC)(CCCC)Cc1cc(C(C)(C)C)c(O)c(C(C)(C)C)c1. The fourth-order valence-corrected chi connectivity index (χ4v) is 14.4. The molecule has 0 aromatic heterocycles. The van der Waals surface area contributed by atoms with E-state index in [1.165, 1.54) is 68.7 Å². The fraction of sp³-hybridized carbons (Fsp3) is 0.778. The Morgan fingerprint density at radius 2 is 1.07 bits per heavy atom. The Balaban J connectivity index is 3.63. The Morgan fingerprint density at radius 3 is 1.33 bits per heavy atom. The van der Waals surface area contributed by atoms with Crippen molar-refractivity contribution in [1.82, 2.24) is 0 Å². The van der Waals surface area contributed by atoms with Gasteiger partial charge in [-0.2, -0.15) is 0 Å². The summed E-state index contributed by atoms with van der Waals surface area (Å²) in [6.07, 6.45) is 13.4. The van der Waals surface area contributed by atoms with Crippen molar-refractivity contribution >= 4 is 26.3 Å². The van der Waals surface area contributed by atoms with Crippen LogP contribution in [-0.4, -0.2) is 23.6 Å². The third-order valence-electron chi connectivity index (χ3n) is 6.58. The predicted octanol–water partition coefficient (Wildman–Crippen LogP) is 9.79.